The fourth-order valence-electron chi connectivity index (χ4n) is 4.04. The van der Waals surface area contributed by atoms with Gasteiger partial charge in [0.15, 0.2) is 0 Å². The summed E-state index contributed by atoms with van der Waals surface area (Å²) < 4.78 is 14.3. The highest BCUT2D eigenvalue weighted by Crippen LogP contribution is 2.29. The van der Waals surface area contributed by atoms with Gasteiger partial charge in [-0.1, -0.05) is 46.9 Å². The minimum absolute atomic E-state index is 0.156. The second kappa shape index (κ2) is 10.6. The van der Waals surface area contributed by atoms with E-state index in [0.717, 1.165) is 12.8 Å². The van der Waals surface area contributed by atoms with E-state index in [9.17, 15) is 14.0 Å². The van der Waals surface area contributed by atoms with Crippen LogP contribution in [0.1, 0.15) is 28.8 Å². The zero-order valence-corrected chi connectivity index (χ0v) is 20.2. The Kier molecular flexibility index (Phi) is 7.61. The van der Waals surface area contributed by atoms with Crippen molar-refractivity contribution in [3.05, 3.63) is 92.7 Å². The molecule has 1 fully saturated rings. The molecule has 3 aromatic rings. The normalized spacial score (nSPS) is 15.3. The molecular weight excluding hydrogens is 500 g/mol. The van der Waals surface area contributed by atoms with Gasteiger partial charge in [0.2, 0.25) is 0 Å². The predicted octanol–water partition coefficient (Wildman–Crippen LogP) is 7.28. The van der Waals surface area contributed by atoms with Gasteiger partial charge in [-0.25, -0.2) is 9.18 Å². The first-order valence-corrected chi connectivity index (χ1v) is 11.8. The molecule has 5 nitrogen and oxygen atoms in total. The summed E-state index contributed by atoms with van der Waals surface area (Å²) in [4.78, 5) is 27.4. The van der Waals surface area contributed by atoms with Crippen LogP contribution in [0.4, 0.5) is 20.6 Å². The first-order chi connectivity index (χ1) is 16.3. The highest BCUT2D eigenvalue weighted by atomic mass is 35.5. The summed E-state index contributed by atoms with van der Waals surface area (Å²) in [5, 5.41) is 6.45. The molecule has 2 N–H and O–H groups in total. The number of carbonyl (C=O) groups is 2. The van der Waals surface area contributed by atoms with Gasteiger partial charge in [0.25, 0.3) is 5.91 Å². The van der Waals surface area contributed by atoms with Crippen LogP contribution in [0.25, 0.3) is 0 Å². The van der Waals surface area contributed by atoms with Crippen molar-refractivity contribution in [1.29, 1.82) is 0 Å². The molecule has 9 heteroatoms. The zero-order valence-electron chi connectivity index (χ0n) is 18.0. The number of likely N-dealkylation sites (tertiary alicyclic amines) is 1. The molecule has 1 aliphatic rings. The van der Waals surface area contributed by atoms with E-state index >= 15 is 0 Å². The first kappa shape index (κ1) is 24.3. The maximum Gasteiger partial charge on any atom is 0.323 e. The molecule has 34 heavy (non-hydrogen) atoms. The van der Waals surface area contributed by atoms with Gasteiger partial charge in [0.1, 0.15) is 5.82 Å². The van der Waals surface area contributed by atoms with Gasteiger partial charge >= 0.3 is 6.03 Å². The van der Waals surface area contributed by atoms with Gasteiger partial charge in [-0.2, -0.15) is 0 Å². The number of anilines is 2. The summed E-state index contributed by atoms with van der Waals surface area (Å²) in [6.07, 6.45) is 1.94. The van der Waals surface area contributed by atoms with Crippen molar-refractivity contribution in [2.75, 3.05) is 17.2 Å². The molecule has 0 aromatic heterocycles. The number of amides is 3. The number of hydrogen-bond acceptors (Lipinski definition) is 2. The van der Waals surface area contributed by atoms with Crippen molar-refractivity contribution >= 4 is 58.1 Å². The van der Waals surface area contributed by atoms with E-state index in [-0.39, 0.29) is 17.8 Å². The van der Waals surface area contributed by atoms with E-state index in [1.54, 1.807) is 59.5 Å². The number of benzene rings is 3. The standard InChI is InChI=1S/C25H21Cl3FN3O2/c26-20-7-2-8-23(29)19(20)14-18-6-3-11-32(18)24(33)15-4-1-5-16(12-15)30-25(34)31-17-9-10-21(27)22(28)13-17/h1-2,4-5,7-10,12-13,18H,3,6,11,14H2,(H2,30,31,34). The zero-order chi connectivity index (χ0) is 24.2. The molecule has 0 aliphatic carbocycles. The third kappa shape index (κ3) is 5.63. The summed E-state index contributed by atoms with van der Waals surface area (Å²) in [5.74, 6) is -0.547. The Labute approximate surface area is 211 Å². The van der Waals surface area contributed by atoms with Gasteiger partial charge in [-0.3, -0.25) is 4.79 Å². The second-order valence-electron chi connectivity index (χ2n) is 7.99. The molecule has 0 saturated carbocycles. The number of rotatable bonds is 5. The first-order valence-electron chi connectivity index (χ1n) is 10.7. The molecule has 1 aliphatic heterocycles. The van der Waals surface area contributed by atoms with Crippen LogP contribution in [0.2, 0.25) is 15.1 Å². The fourth-order valence-corrected chi connectivity index (χ4v) is 4.58. The van der Waals surface area contributed by atoms with Crippen molar-refractivity contribution in [3.8, 4) is 0 Å². The van der Waals surface area contributed by atoms with Crippen LogP contribution in [0.3, 0.4) is 0 Å². The lowest BCUT2D eigenvalue weighted by Crippen LogP contribution is -2.37. The number of nitrogens with zero attached hydrogens (tertiary/aromatic N) is 1. The predicted molar refractivity (Wildman–Crippen MR) is 135 cm³/mol. The number of carbonyl (C=O) groups excluding carboxylic acids is 2. The molecule has 0 bridgehead atoms. The van der Waals surface area contributed by atoms with Crippen LogP contribution in [-0.2, 0) is 6.42 Å². The fraction of sp³-hybridized carbons (Fsp3) is 0.200. The van der Waals surface area contributed by atoms with E-state index in [0.29, 0.717) is 50.5 Å². The average molecular weight is 521 g/mol. The molecule has 1 unspecified atom stereocenters. The topological polar surface area (TPSA) is 61.4 Å². The van der Waals surface area contributed by atoms with Gasteiger partial charge < -0.3 is 15.5 Å². The maximum absolute atomic E-state index is 14.3. The molecule has 176 valence electrons. The Morgan fingerprint density at radius 1 is 0.912 bits per heavy atom. The van der Waals surface area contributed by atoms with Gasteiger partial charge in [0, 0.05) is 40.1 Å². The summed E-state index contributed by atoms with van der Waals surface area (Å²) in [6, 6.07) is 15.4. The smallest absolute Gasteiger partial charge is 0.323 e. The van der Waals surface area contributed by atoms with Gasteiger partial charge in [-0.05, 0) is 67.8 Å². The quantitative estimate of drug-likeness (QED) is 0.371. The number of urea groups is 1. The summed E-state index contributed by atoms with van der Waals surface area (Å²) in [5.41, 5.74) is 1.78. The van der Waals surface area contributed by atoms with E-state index in [2.05, 4.69) is 10.6 Å². The van der Waals surface area contributed by atoms with Crippen LogP contribution < -0.4 is 10.6 Å². The third-order valence-corrected chi connectivity index (χ3v) is 6.78. The van der Waals surface area contributed by atoms with Gasteiger partial charge in [-0.15, -0.1) is 0 Å². The third-order valence-electron chi connectivity index (χ3n) is 5.68. The van der Waals surface area contributed by atoms with Crippen molar-refractivity contribution in [1.82, 2.24) is 4.90 Å². The Morgan fingerprint density at radius 3 is 2.38 bits per heavy atom. The van der Waals surface area contributed by atoms with Crippen LogP contribution in [0.15, 0.2) is 60.7 Å². The molecular formula is C25H21Cl3FN3O2. The largest absolute Gasteiger partial charge is 0.335 e. The molecule has 4 rings (SSSR count). The Hall–Kier alpha value is -2.80. The second-order valence-corrected chi connectivity index (χ2v) is 9.21. The summed E-state index contributed by atoms with van der Waals surface area (Å²) >= 11 is 18.1. The Morgan fingerprint density at radius 2 is 1.65 bits per heavy atom. The van der Waals surface area contributed by atoms with Crippen LogP contribution in [0.5, 0.6) is 0 Å². The minimum atomic E-state index is -0.490. The van der Waals surface area contributed by atoms with Crippen molar-refractivity contribution in [2.24, 2.45) is 0 Å². The molecule has 1 heterocycles. The number of nitrogens with one attached hydrogen (secondary N) is 2. The maximum atomic E-state index is 14.3. The van der Waals surface area contributed by atoms with Crippen molar-refractivity contribution < 1.29 is 14.0 Å². The minimum Gasteiger partial charge on any atom is -0.335 e. The monoisotopic (exact) mass is 519 g/mol. The SMILES string of the molecule is O=C(Nc1cccc(C(=O)N2CCCC2Cc2c(F)cccc2Cl)c1)Nc1ccc(Cl)c(Cl)c1. The average Bonchev–Trinajstić information content (AvgIpc) is 3.27. The van der Waals surface area contributed by atoms with E-state index < -0.39 is 6.03 Å². The summed E-state index contributed by atoms with van der Waals surface area (Å²) in [6.45, 7) is 0.574. The molecule has 0 spiro atoms. The van der Waals surface area contributed by atoms with Crippen LogP contribution in [0, 0.1) is 5.82 Å². The lowest BCUT2D eigenvalue weighted by atomic mass is 10.0. The Balaban J connectivity index is 1.44. The van der Waals surface area contributed by atoms with Crippen molar-refractivity contribution in [3.63, 3.8) is 0 Å². The molecule has 0 radical (unpaired) electrons. The van der Waals surface area contributed by atoms with E-state index in [4.69, 9.17) is 34.8 Å². The highest BCUT2D eigenvalue weighted by Gasteiger charge is 2.30. The van der Waals surface area contributed by atoms with Gasteiger partial charge in [0.05, 0.1) is 10.0 Å². The summed E-state index contributed by atoms with van der Waals surface area (Å²) in [7, 11) is 0. The molecule has 1 atom stereocenters. The lowest BCUT2D eigenvalue weighted by Gasteiger charge is -2.25. The molecule has 3 amide bonds. The van der Waals surface area contributed by atoms with Crippen LogP contribution in [-0.4, -0.2) is 29.4 Å². The van der Waals surface area contributed by atoms with Crippen molar-refractivity contribution in [2.45, 2.75) is 25.3 Å². The van der Waals surface area contributed by atoms with E-state index in [1.807, 2.05) is 0 Å². The van der Waals surface area contributed by atoms with E-state index in [1.165, 1.54) is 6.07 Å². The molecule has 3 aromatic carbocycles. The van der Waals surface area contributed by atoms with Crippen LogP contribution >= 0.6 is 34.8 Å². The molecule has 1 saturated heterocycles. The lowest BCUT2D eigenvalue weighted by molar-refractivity contribution is 0.0736. The Bertz CT molecular complexity index is 1220. The highest BCUT2D eigenvalue weighted by molar-refractivity contribution is 6.42. The number of halogens is 4. The number of hydrogen-bond donors (Lipinski definition) is 2.